The molecule has 118 valence electrons. The molecule has 0 spiro atoms. The third-order valence-corrected chi connectivity index (χ3v) is 4.92. The van der Waals surface area contributed by atoms with Crippen LogP contribution in [-0.4, -0.2) is 32.8 Å². The molecule has 1 fully saturated rings. The van der Waals surface area contributed by atoms with Crippen molar-refractivity contribution in [3.05, 3.63) is 0 Å². The van der Waals surface area contributed by atoms with Gasteiger partial charge in [-0.3, -0.25) is 4.79 Å². The van der Waals surface area contributed by atoms with E-state index in [4.69, 9.17) is 4.74 Å². The highest BCUT2D eigenvalue weighted by atomic mass is 32.2. The van der Waals surface area contributed by atoms with Crippen LogP contribution in [-0.2, 0) is 19.6 Å². The normalized spacial score (nSPS) is 22.0. The molecule has 0 radical (unpaired) electrons. The van der Waals surface area contributed by atoms with Gasteiger partial charge in [0.2, 0.25) is 10.0 Å². The zero-order valence-electron chi connectivity index (χ0n) is 13.0. The molecule has 20 heavy (non-hydrogen) atoms. The summed E-state index contributed by atoms with van der Waals surface area (Å²) in [5.74, 6) is -0.305. The quantitative estimate of drug-likeness (QED) is 0.764. The molecule has 6 heteroatoms. The molecule has 1 saturated carbocycles. The molecule has 1 N–H and O–H groups in total. The van der Waals surface area contributed by atoms with Gasteiger partial charge in [-0.1, -0.05) is 13.3 Å². The maximum absolute atomic E-state index is 12.4. The van der Waals surface area contributed by atoms with Crippen molar-refractivity contribution < 1.29 is 17.9 Å². The lowest BCUT2D eigenvalue weighted by Crippen LogP contribution is -2.45. The van der Waals surface area contributed by atoms with Crippen LogP contribution in [0.25, 0.3) is 0 Å². The van der Waals surface area contributed by atoms with Crippen LogP contribution in [0.15, 0.2) is 0 Å². The van der Waals surface area contributed by atoms with Crippen LogP contribution in [0.1, 0.15) is 59.3 Å². The number of hydrogen-bond acceptors (Lipinski definition) is 4. The van der Waals surface area contributed by atoms with E-state index in [1.807, 2.05) is 13.8 Å². The van der Waals surface area contributed by atoms with E-state index in [0.717, 1.165) is 31.9 Å². The first-order valence-corrected chi connectivity index (χ1v) is 9.17. The second kappa shape index (κ2) is 6.43. The van der Waals surface area contributed by atoms with Crippen LogP contribution in [0.3, 0.4) is 0 Å². The van der Waals surface area contributed by atoms with Crippen molar-refractivity contribution in [1.82, 2.24) is 4.72 Å². The summed E-state index contributed by atoms with van der Waals surface area (Å²) in [6.07, 6.45) is 6.74. The molecule has 1 rings (SSSR count). The summed E-state index contributed by atoms with van der Waals surface area (Å²) < 4.78 is 30.6. The van der Waals surface area contributed by atoms with Crippen LogP contribution in [0.4, 0.5) is 0 Å². The first kappa shape index (κ1) is 17.4. The highest BCUT2D eigenvalue weighted by Crippen LogP contribution is 2.34. The van der Waals surface area contributed by atoms with Gasteiger partial charge in [-0.25, -0.2) is 13.1 Å². The van der Waals surface area contributed by atoms with E-state index in [0.29, 0.717) is 6.42 Å². The van der Waals surface area contributed by atoms with E-state index in [-0.39, 0.29) is 12.5 Å². The molecule has 0 heterocycles. The fraction of sp³-hybridized carbons (Fsp3) is 0.929. The van der Waals surface area contributed by atoms with Gasteiger partial charge in [-0.2, -0.15) is 0 Å². The summed E-state index contributed by atoms with van der Waals surface area (Å²) in [4.78, 5) is 12.4. The summed E-state index contributed by atoms with van der Waals surface area (Å²) in [6.45, 7) is 5.68. The van der Waals surface area contributed by atoms with Gasteiger partial charge in [0.1, 0.15) is 5.60 Å². The minimum Gasteiger partial charge on any atom is -0.459 e. The number of hydrogen-bond donors (Lipinski definition) is 1. The van der Waals surface area contributed by atoms with Crippen LogP contribution < -0.4 is 4.72 Å². The van der Waals surface area contributed by atoms with Crippen molar-refractivity contribution in [2.75, 3.05) is 12.8 Å². The molecule has 0 saturated heterocycles. The van der Waals surface area contributed by atoms with Gasteiger partial charge in [0.25, 0.3) is 0 Å². The smallest absolute Gasteiger partial charge is 0.313 e. The van der Waals surface area contributed by atoms with Gasteiger partial charge < -0.3 is 4.74 Å². The van der Waals surface area contributed by atoms with Gasteiger partial charge in [0, 0.05) is 6.54 Å². The zero-order valence-corrected chi connectivity index (χ0v) is 13.8. The second-order valence-electron chi connectivity index (χ2n) is 6.41. The van der Waals surface area contributed by atoms with Crippen LogP contribution in [0, 0.1) is 5.41 Å². The third-order valence-electron chi connectivity index (χ3n) is 4.25. The number of ether oxygens (including phenoxy) is 1. The van der Waals surface area contributed by atoms with Crippen molar-refractivity contribution in [3.63, 3.8) is 0 Å². The molecule has 1 aliphatic carbocycles. The molecule has 0 amide bonds. The molecular weight excluding hydrogens is 278 g/mol. The highest BCUT2D eigenvalue weighted by Gasteiger charge is 2.39. The Morgan fingerprint density at radius 2 is 1.85 bits per heavy atom. The number of esters is 1. The van der Waals surface area contributed by atoms with Gasteiger partial charge in [-0.15, -0.1) is 0 Å². The first-order chi connectivity index (χ1) is 9.10. The van der Waals surface area contributed by atoms with Crippen LogP contribution in [0.2, 0.25) is 0 Å². The molecule has 1 aliphatic rings. The highest BCUT2D eigenvalue weighted by molar-refractivity contribution is 7.88. The van der Waals surface area contributed by atoms with Gasteiger partial charge in [0.05, 0.1) is 11.7 Å². The molecule has 0 aromatic rings. The van der Waals surface area contributed by atoms with Crippen LogP contribution >= 0.6 is 0 Å². The van der Waals surface area contributed by atoms with Gasteiger partial charge in [-0.05, 0) is 46.0 Å². The average Bonchev–Trinajstić information content (AvgIpc) is 2.35. The summed E-state index contributed by atoms with van der Waals surface area (Å²) in [7, 11) is -3.31. The maximum atomic E-state index is 12.4. The Balaban J connectivity index is 2.70. The Morgan fingerprint density at radius 1 is 1.30 bits per heavy atom. The lowest BCUT2D eigenvalue weighted by molar-refractivity contribution is -0.172. The van der Waals surface area contributed by atoms with E-state index >= 15 is 0 Å². The summed E-state index contributed by atoms with van der Waals surface area (Å²) >= 11 is 0. The predicted octanol–water partition coefficient (Wildman–Crippen LogP) is 2.22. The lowest BCUT2D eigenvalue weighted by atomic mass is 9.84. The van der Waals surface area contributed by atoms with E-state index in [1.54, 1.807) is 6.92 Å². The molecule has 0 aromatic heterocycles. The summed E-state index contributed by atoms with van der Waals surface area (Å²) in [5, 5.41) is 0. The van der Waals surface area contributed by atoms with Crippen molar-refractivity contribution in [2.24, 2.45) is 5.41 Å². The zero-order chi connectivity index (χ0) is 15.4. The minimum absolute atomic E-state index is 0.0806. The molecule has 5 nitrogen and oxygen atoms in total. The standard InChI is InChI=1S/C14H27NO4S/c1-5-13(2,11-15-20(4,17)18)12(16)19-14(3)9-7-6-8-10-14/h15H,5-11H2,1-4H3. The molecule has 1 atom stereocenters. The van der Waals surface area contributed by atoms with E-state index in [1.165, 1.54) is 6.42 Å². The average molecular weight is 305 g/mol. The van der Waals surface area contributed by atoms with Crippen LogP contribution in [0.5, 0.6) is 0 Å². The Bertz CT molecular complexity index is 440. The fourth-order valence-corrected chi connectivity index (χ4v) is 2.96. The Kier molecular flexibility index (Phi) is 5.61. The van der Waals surface area contributed by atoms with Gasteiger partial charge in [0.15, 0.2) is 0 Å². The Labute approximate surface area is 122 Å². The lowest BCUT2D eigenvalue weighted by Gasteiger charge is -2.37. The number of sulfonamides is 1. The summed E-state index contributed by atoms with van der Waals surface area (Å²) in [6, 6.07) is 0. The monoisotopic (exact) mass is 305 g/mol. The fourth-order valence-electron chi connectivity index (χ4n) is 2.38. The minimum atomic E-state index is -3.31. The van der Waals surface area contributed by atoms with E-state index in [9.17, 15) is 13.2 Å². The van der Waals surface area contributed by atoms with Crippen molar-refractivity contribution in [3.8, 4) is 0 Å². The molecule has 0 aromatic carbocycles. The van der Waals surface area contributed by atoms with Crippen molar-refractivity contribution in [1.29, 1.82) is 0 Å². The predicted molar refractivity (Wildman–Crippen MR) is 78.8 cm³/mol. The van der Waals surface area contributed by atoms with Crippen molar-refractivity contribution in [2.45, 2.75) is 64.9 Å². The Morgan fingerprint density at radius 3 is 2.30 bits per heavy atom. The molecule has 0 aliphatic heterocycles. The SMILES string of the molecule is CCC(C)(CNS(C)(=O)=O)C(=O)OC1(C)CCCCC1. The molecule has 1 unspecified atom stereocenters. The largest absolute Gasteiger partial charge is 0.459 e. The maximum Gasteiger partial charge on any atom is 0.313 e. The second-order valence-corrected chi connectivity index (χ2v) is 8.24. The first-order valence-electron chi connectivity index (χ1n) is 7.28. The molecular formula is C14H27NO4S. The summed E-state index contributed by atoms with van der Waals surface area (Å²) in [5.41, 5.74) is -1.21. The molecule has 0 bridgehead atoms. The Hall–Kier alpha value is -0.620. The number of rotatable bonds is 6. The number of nitrogens with one attached hydrogen (secondary N) is 1. The number of carbonyl (C=O) groups excluding carboxylic acids is 1. The third kappa shape index (κ3) is 5.05. The topological polar surface area (TPSA) is 72.5 Å². The van der Waals surface area contributed by atoms with E-state index < -0.39 is 21.0 Å². The van der Waals surface area contributed by atoms with E-state index in [2.05, 4.69) is 4.72 Å². The number of carbonyl (C=O) groups is 1. The van der Waals surface area contributed by atoms with Crippen molar-refractivity contribution >= 4 is 16.0 Å². The van der Waals surface area contributed by atoms with Gasteiger partial charge >= 0.3 is 5.97 Å².